The van der Waals surface area contributed by atoms with Crippen molar-refractivity contribution in [3.05, 3.63) is 63.7 Å². The van der Waals surface area contributed by atoms with Crippen LogP contribution in [0.15, 0.2) is 36.4 Å². The van der Waals surface area contributed by atoms with E-state index >= 15 is 0 Å². The van der Waals surface area contributed by atoms with Crippen LogP contribution in [0.4, 0.5) is 10.5 Å². The van der Waals surface area contributed by atoms with Crippen molar-refractivity contribution in [2.75, 3.05) is 5.32 Å². The Balaban J connectivity index is 1.38. The number of piperidine rings is 1. The number of imide groups is 1. The van der Waals surface area contributed by atoms with Crippen LogP contribution >= 0.6 is 11.6 Å². The number of benzene rings is 2. The number of halogens is 1. The van der Waals surface area contributed by atoms with E-state index in [1.165, 1.54) is 4.90 Å². The number of anilines is 1. The molecule has 2 aromatic rings. The highest BCUT2D eigenvalue weighted by Crippen LogP contribution is 2.28. The van der Waals surface area contributed by atoms with Gasteiger partial charge in [0, 0.05) is 42.3 Å². The number of hydrogen-bond donors (Lipinski definition) is 4. The third kappa shape index (κ3) is 4.58. The zero-order valence-electron chi connectivity index (χ0n) is 17.1. The number of nitrogens with two attached hydrogens (primary N) is 1. The van der Waals surface area contributed by atoms with Crippen molar-refractivity contribution in [2.24, 2.45) is 5.73 Å². The highest BCUT2D eigenvalue weighted by molar-refractivity contribution is 6.31. The van der Waals surface area contributed by atoms with Crippen LogP contribution in [0.1, 0.15) is 39.9 Å². The van der Waals surface area contributed by atoms with Gasteiger partial charge >= 0.3 is 6.03 Å². The summed E-state index contributed by atoms with van der Waals surface area (Å²) in [7, 11) is 0. The van der Waals surface area contributed by atoms with Gasteiger partial charge in [-0.2, -0.15) is 0 Å². The average molecular weight is 456 g/mol. The number of rotatable bonds is 5. The van der Waals surface area contributed by atoms with Crippen LogP contribution in [0.2, 0.25) is 5.02 Å². The second-order valence-corrected chi connectivity index (χ2v) is 8.19. The molecule has 0 radical (unpaired) electrons. The molecule has 32 heavy (non-hydrogen) atoms. The maximum absolute atomic E-state index is 12.7. The Hall–Kier alpha value is -3.43. The van der Waals surface area contributed by atoms with E-state index in [0.29, 0.717) is 29.2 Å². The average Bonchev–Trinajstić information content (AvgIpc) is 3.07. The summed E-state index contributed by atoms with van der Waals surface area (Å²) in [5.74, 6) is -0.998. The SMILES string of the molecule is NCc1cc(Cl)cc(NC(=O)NCc2ccc3c(c2)CN(C2CCC(=O)NC2=O)C3=O)c1. The molecule has 2 aromatic carbocycles. The number of nitrogens with zero attached hydrogens (tertiary/aromatic N) is 1. The van der Waals surface area contributed by atoms with Crippen molar-refractivity contribution in [1.29, 1.82) is 0 Å². The van der Waals surface area contributed by atoms with E-state index in [1.807, 2.05) is 6.07 Å². The fourth-order valence-electron chi connectivity index (χ4n) is 3.94. The topological polar surface area (TPSA) is 134 Å². The third-order valence-corrected chi connectivity index (χ3v) is 5.71. The Labute approximate surface area is 189 Å². The van der Waals surface area contributed by atoms with E-state index in [9.17, 15) is 19.2 Å². The first kappa shape index (κ1) is 21.8. The largest absolute Gasteiger partial charge is 0.334 e. The van der Waals surface area contributed by atoms with Crippen LogP contribution in [0.25, 0.3) is 0 Å². The molecule has 1 unspecified atom stereocenters. The highest BCUT2D eigenvalue weighted by Gasteiger charge is 2.39. The molecule has 2 aliphatic rings. The van der Waals surface area contributed by atoms with Gasteiger partial charge in [0.2, 0.25) is 11.8 Å². The van der Waals surface area contributed by atoms with Crippen LogP contribution in [0, 0.1) is 0 Å². The first-order valence-electron chi connectivity index (χ1n) is 10.1. The normalized spacial score (nSPS) is 17.8. The minimum Gasteiger partial charge on any atom is -0.334 e. The molecule has 0 saturated carbocycles. The van der Waals surface area contributed by atoms with Crippen LogP contribution in [-0.2, 0) is 29.2 Å². The molecule has 0 bridgehead atoms. The molecule has 1 saturated heterocycles. The van der Waals surface area contributed by atoms with Gasteiger partial charge in [0.05, 0.1) is 0 Å². The van der Waals surface area contributed by atoms with Crippen LogP contribution in [0.5, 0.6) is 0 Å². The molecular formula is C22H22ClN5O4. The second-order valence-electron chi connectivity index (χ2n) is 7.75. The fraction of sp³-hybridized carbons (Fsp3) is 0.273. The smallest absolute Gasteiger partial charge is 0.319 e. The van der Waals surface area contributed by atoms with Crippen molar-refractivity contribution >= 4 is 41.0 Å². The number of nitrogens with one attached hydrogen (secondary N) is 3. The zero-order valence-corrected chi connectivity index (χ0v) is 17.9. The lowest BCUT2D eigenvalue weighted by molar-refractivity contribution is -0.136. The van der Waals surface area contributed by atoms with Gasteiger partial charge in [-0.25, -0.2) is 4.79 Å². The minimum atomic E-state index is -0.656. The van der Waals surface area contributed by atoms with Crippen molar-refractivity contribution in [3.8, 4) is 0 Å². The lowest BCUT2D eigenvalue weighted by Gasteiger charge is -2.29. The lowest BCUT2D eigenvalue weighted by Crippen LogP contribution is -2.52. The Kier molecular flexibility index (Phi) is 6.11. The number of fused-ring (bicyclic) bond motifs is 1. The predicted octanol–water partition coefficient (Wildman–Crippen LogP) is 1.88. The summed E-state index contributed by atoms with van der Waals surface area (Å²) in [6.45, 7) is 0.835. The molecule has 166 valence electrons. The Morgan fingerprint density at radius 1 is 1.16 bits per heavy atom. The monoisotopic (exact) mass is 455 g/mol. The lowest BCUT2D eigenvalue weighted by atomic mass is 10.0. The standard InChI is InChI=1S/C22H22ClN5O4/c23-15-6-13(9-24)7-16(8-15)26-22(32)25-10-12-1-2-17-14(5-12)11-28(21(17)31)18-3-4-19(29)27-20(18)30/h1-2,5-8,18H,3-4,9-11,24H2,(H2,25,26,32)(H,27,29,30). The molecule has 2 aliphatic heterocycles. The van der Waals surface area contributed by atoms with Gasteiger partial charge in [-0.05, 0) is 47.4 Å². The Bertz CT molecular complexity index is 1120. The van der Waals surface area contributed by atoms with Crippen molar-refractivity contribution in [1.82, 2.24) is 15.5 Å². The van der Waals surface area contributed by atoms with Crippen LogP contribution in [-0.4, -0.2) is 34.7 Å². The number of carbonyl (C=O) groups is 4. The first-order valence-corrected chi connectivity index (χ1v) is 10.5. The summed E-state index contributed by atoms with van der Waals surface area (Å²) in [6.07, 6.45) is 0.522. The molecule has 4 rings (SSSR count). The molecule has 9 nitrogen and oxygen atoms in total. The third-order valence-electron chi connectivity index (χ3n) is 5.49. The summed E-state index contributed by atoms with van der Waals surface area (Å²) < 4.78 is 0. The number of amides is 5. The summed E-state index contributed by atoms with van der Waals surface area (Å²) >= 11 is 6.03. The van der Waals surface area contributed by atoms with Crippen LogP contribution in [0.3, 0.4) is 0 Å². The van der Waals surface area contributed by atoms with E-state index in [4.69, 9.17) is 17.3 Å². The van der Waals surface area contributed by atoms with Crippen LogP contribution < -0.4 is 21.7 Å². The molecule has 1 atom stereocenters. The van der Waals surface area contributed by atoms with E-state index in [0.717, 1.165) is 16.7 Å². The number of hydrogen-bond acceptors (Lipinski definition) is 5. The molecule has 5 N–H and O–H groups in total. The van der Waals surface area contributed by atoms with Gasteiger partial charge in [0.1, 0.15) is 6.04 Å². The second kappa shape index (κ2) is 8.97. The molecular weight excluding hydrogens is 434 g/mol. The summed E-state index contributed by atoms with van der Waals surface area (Å²) in [5.41, 5.74) is 9.08. The van der Waals surface area contributed by atoms with E-state index in [1.54, 1.807) is 30.3 Å². The number of urea groups is 1. The molecule has 0 aliphatic carbocycles. The molecule has 1 fully saturated rings. The summed E-state index contributed by atoms with van der Waals surface area (Å²) in [5, 5.41) is 8.26. The van der Waals surface area contributed by atoms with Crippen molar-refractivity contribution in [3.63, 3.8) is 0 Å². The zero-order chi connectivity index (χ0) is 22.8. The van der Waals surface area contributed by atoms with Gasteiger partial charge in [-0.15, -0.1) is 0 Å². The van der Waals surface area contributed by atoms with Gasteiger partial charge in [0.25, 0.3) is 5.91 Å². The van der Waals surface area contributed by atoms with Gasteiger partial charge in [0.15, 0.2) is 0 Å². The highest BCUT2D eigenvalue weighted by atomic mass is 35.5. The van der Waals surface area contributed by atoms with Gasteiger partial charge in [-0.1, -0.05) is 23.7 Å². The minimum absolute atomic E-state index is 0.209. The van der Waals surface area contributed by atoms with Gasteiger partial charge in [-0.3, -0.25) is 19.7 Å². The fourth-order valence-corrected chi connectivity index (χ4v) is 4.19. The number of carbonyl (C=O) groups excluding carboxylic acids is 4. The van der Waals surface area contributed by atoms with E-state index < -0.39 is 18.0 Å². The molecule has 5 amide bonds. The maximum Gasteiger partial charge on any atom is 0.319 e. The molecule has 0 spiro atoms. The Morgan fingerprint density at radius 3 is 2.72 bits per heavy atom. The predicted molar refractivity (Wildman–Crippen MR) is 118 cm³/mol. The first-order chi connectivity index (χ1) is 15.3. The maximum atomic E-state index is 12.7. The van der Waals surface area contributed by atoms with E-state index in [-0.39, 0.29) is 31.3 Å². The summed E-state index contributed by atoms with van der Waals surface area (Å²) in [4.78, 5) is 50.0. The van der Waals surface area contributed by atoms with E-state index in [2.05, 4.69) is 16.0 Å². The van der Waals surface area contributed by atoms with Crippen molar-refractivity contribution < 1.29 is 19.2 Å². The molecule has 10 heteroatoms. The van der Waals surface area contributed by atoms with Gasteiger partial charge < -0.3 is 21.3 Å². The Morgan fingerprint density at radius 2 is 1.97 bits per heavy atom. The quantitative estimate of drug-likeness (QED) is 0.511. The van der Waals surface area contributed by atoms with Crippen molar-refractivity contribution in [2.45, 2.75) is 38.5 Å². The molecule has 0 aromatic heterocycles. The summed E-state index contributed by atoms with van der Waals surface area (Å²) in [6, 6.07) is 9.34. The molecule has 2 heterocycles.